The van der Waals surface area contributed by atoms with Gasteiger partial charge in [0, 0.05) is 30.9 Å². The normalized spacial score (nSPS) is 10.4. The molecule has 0 saturated carbocycles. The molecule has 1 heterocycles. The van der Waals surface area contributed by atoms with Gasteiger partial charge in [0.05, 0.1) is 5.69 Å². The summed E-state index contributed by atoms with van der Waals surface area (Å²) < 4.78 is 34.0. The van der Waals surface area contributed by atoms with Crippen LogP contribution in [0.25, 0.3) is 0 Å². The number of carbonyl (C=O) groups excluding carboxylic acids is 3. The third-order valence-electron chi connectivity index (χ3n) is 4.41. The van der Waals surface area contributed by atoms with Gasteiger partial charge in [0.15, 0.2) is 17.4 Å². The van der Waals surface area contributed by atoms with Crippen molar-refractivity contribution in [3.8, 4) is 11.5 Å². The van der Waals surface area contributed by atoms with Crippen LogP contribution in [0.5, 0.6) is 11.5 Å². The van der Waals surface area contributed by atoms with Crippen molar-refractivity contribution < 1.29 is 27.9 Å². The Labute approximate surface area is 187 Å². The fraction of sp³-hybridized carbons (Fsp3) is 0.130. The summed E-state index contributed by atoms with van der Waals surface area (Å²) in [7, 11) is 0. The highest BCUT2D eigenvalue weighted by molar-refractivity contribution is 6.03. The second-order valence-corrected chi connectivity index (χ2v) is 6.92. The molecule has 0 aliphatic rings. The van der Waals surface area contributed by atoms with E-state index < -0.39 is 47.2 Å². The fourth-order valence-electron chi connectivity index (χ4n) is 2.83. The predicted octanol–water partition coefficient (Wildman–Crippen LogP) is 2.94. The highest BCUT2D eigenvalue weighted by Gasteiger charge is 2.16. The minimum atomic E-state index is -0.978. The Morgan fingerprint density at radius 1 is 0.970 bits per heavy atom. The summed E-state index contributed by atoms with van der Waals surface area (Å²) in [5, 5.41) is 4.76. The van der Waals surface area contributed by atoms with Crippen LogP contribution in [0.3, 0.4) is 0 Å². The first-order valence-electron chi connectivity index (χ1n) is 9.85. The van der Waals surface area contributed by atoms with Crippen LogP contribution in [0.4, 0.5) is 14.5 Å². The number of amides is 3. The van der Waals surface area contributed by atoms with Crippen LogP contribution in [-0.4, -0.2) is 29.3 Å². The maximum Gasteiger partial charge on any atom is 0.267 e. The number of halogens is 2. The van der Waals surface area contributed by atoms with Gasteiger partial charge in [0.25, 0.3) is 5.91 Å². The second kappa shape index (κ2) is 10.8. The summed E-state index contributed by atoms with van der Waals surface area (Å²) >= 11 is 0. The molecule has 0 fully saturated rings. The first-order chi connectivity index (χ1) is 15.8. The summed E-state index contributed by atoms with van der Waals surface area (Å²) in [6.45, 7) is 0.331. The van der Waals surface area contributed by atoms with Crippen molar-refractivity contribution in [3.63, 3.8) is 0 Å². The molecular weight excluding hydrogens is 434 g/mol. The zero-order valence-electron chi connectivity index (χ0n) is 17.3. The van der Waals surface area contributed by atoms with Gasteiger partial charge in [-0.3, -0.25) is 19.4 Å². The maximum absolute atomic E-state index is 14.4. The molecule has 8 nitrogen and oxygen atoms in total. The van der Waals surface area contributed by atoms with E-state index in [1.54, 1.807) is 0 Å². The molecule has 0 bridgehead atoms. The number of nitrogens with one attached hydrogen (secondary N) is 2. The molecule has 0 spiro atoms. The SMILES string of the molecule is NC(=O)c1cc(Oc2cc(F)c(NC(=O)CC(=O)NCCc3ccccc3)cc2F)ccn1. The quantitative estimate of drug-likeness (QED) is 0.429. The van der Waals surface area contributed by atoms with Gasteiger partial charge in [-0.2, -0.15) is 0 Å². The van der Waals surface area contributed by atoms with E-state index in [9.17, 15) is 23.2 Å². The van der Waals surface area contributed by atoms with Crippen LogP contribution in [0.15, 0.2) is 60.8 Å². The largest absolute Gasteiger partial charge is 0.454 e. The predicted molar refractivity (Wildman–Crippen MR) is 116 cm³/mol. The number of hydrogen-bond acceptors (Lipinski definition) is 5. The molecule has 0 atom stereocenters. The lowest BCUT2D eigenvalue weighted by molar-refractivity contribution is -0.126. The van der Waals surface area contributed by atoms with Crippen LogP contribution >= 0.6 is 0 Å². The molecule has 1 aromatic heterocycles. The van der Waals surface area contributed by atoms with Crippen molar-refractivity contribution >= 4 is 23.4 Å². The molecule has 0 unspecified atom stereocenters. The van der Waals surface area contributed by atoms with Gasteiger partial charge in [-0.25, -0.2) is 8.78 Å². The van der Waals surface area contributed by atoms with Crippen molar-refractivity contribution in [2.75, 3.05) is 11.9 Å². The number of carbonyl (C=O) groups is 3. The van der Waals surface area contributed by atoms with Crippen LogP contribution in [0.2, 0.25) is 0 Å². The van der Waals surface area contributed by atoms with E-state index in [-0.39, 0.29) is 11.4 Å². The summed E-state index contributed by atoms with van der Waals surface area (Å²) in [6.07, 6.45) is 1.26. The maximum atomic E-state index is 14.4. The monoisotopic (exact) mass is 454 g/mol. The van der Waals surface area contributed by atoms with E-state index in [0.29, 0.717) is 13.0 Å². The lowest BCUT2D eigenvalue weighted by Crippen LogP contribution is -2.29. The van der Waals surface area contributed by atoms with Crippen LogP contribution in [0, 0.1) is 11.6 Å². The van der Waals surface area contributed by atoms with Crippen molar-refractivity contribution in [2.24, 2.45) is 5.73 Å². The Hall–Kier alpha value is -4.34. The molecule has 3 rings (SSSR count). The number of primary amides is 1. The van der Waals surface area contributed by atoms with Crippen molar-refractivity contribution in [2.45, 2.75) is 12.8 Å². The number of nitrogens with zero attached hydrogens (tertiary/aromatic N) is 1. The standard InChI is InChI=1S/C23H20F2N4O4/c24-16-12-20(33-15-7-9-27-19(10-15)23(26)32)17(25)11-18(16)29-22(31)13-21(30)28-8-6-14-4-2-1-3-5-14/h1-5,7,9-12H,6,8,13H2,(H2,26,32)(H,28,30)(H,29,31). The van der Waals surface area contributed by atoms with Crippen LogP contribution in [0.1, 0.15) is 22.5 Å². The van der Waals surface area contributed by atoms with E-state index in [1.807, 2.05) is 30.3 Å². The molecule has 0 aliphatic heterocycles. The molecule has 0 saturated heterocycles. The smallest absolute Gasteiger partial charge is 0.267 e. The average Bonchev–Trinajstić information content (AvgIpc) is 2.78. The van der Waals surface area contributed by atoms with Gasteiger partial charge < -0.3 is 21.1 Å². The Bertz CT molecular complexity index is 1170. The molecule has 3 aromatic rings. The van der Waals surface area contributed by atoms with E-state index in [2.05, 4.69) is 15.6 Å². The van der Waals surface area contributed by atoms with Gasteiger partial charge in [0.1, 0.15) is 17.9 Å². The molecule has 3 amide bonds. The first-order valence-corrected chi connectivity index (χ1v) is 9.85. The number of nitrogens with two attached hydrogens (primary N) is 1. The minimum absolute atomic E-state index is 0.0149. The highest BCUT2D eigenvalue weighted by Crippen LogP contribution is 2.29. The lowest BCUT2D eigenvalue weighted by atomic mass is 10.1. The molecule has 10 heteroatoms. The number of hydrogen-bond donors (Lipinski definition) is 3. The molecule has 0 aliphatic carbocycles. The van der Waals surface area contributed by atoms with Gasteiger partial charge >= 0.3 is 0 Å². The summed E-state index contributed by atoms with van der Waals surface area (Å²) in [6, 6.07) is 13.4. The topological polar surface area (TPSA) is 123 Å². The van der Waals surface area contributed by atoms with Gasteiger partial charge in [-0.05, 0) is 18.1 Å². The number of ether oxygens (including phenoxy) is 1. The van der Waals surface area contributed by atoms with E-state index in [0.717, 1.165) is 17.7 Å². The van der Waals surface area contributed by atoms with Crippen LogP contribution in [-0.2, 0) is 16.0 Å². The summed E-state index contributed by atoms with van der Waals surface area (Å²) in [5.74, 6) is -4.59. The van der Waals surface area contributed by atoms with Gasteiger partial charge in [0.2, 0.25) is 11.8 Å². The number of anilines is 1. The van der Waals surface area contributed by atoms with Gasteiger partial charge in [-0.1, -0.05) is 30.3 Å². The fourth-order valence-corrected chi connectivity index (χ4v) is 2.83. The van der Waals surface area contributed by atoms with Crippen molar-refractivity contribution in [3.05, 3.63) is 83.7 Å². The number of pyridine rings is 1. The van der Waals surface area contributed by atoms with Crippen LogP contribution < -0.4 is 21.1 Å². The first kappa shape index (κ1) is 23.3. The van der Waals surface area contributed by atoms with Gasteiger partial charge in [-0.15, -0.1) is 0 Å². The third-order valence-corrected chi connectivity index (χ3v) is 4.41. The van der Waals surface area contributed by atoms with Crippen molar-refractivity contribution in [1.82, 2.24) is 10.3 Å². The average molecular weight is 454 g/mol. The van der Waals surface area contributed by atoms with E-state index >= 15 is 0 Å². The number of aromatic nitrogens is 1. The number of rotatable bonds is 9. The van der Waals surface area contributed by atoms with E-state index in [1.165, 1.54) is 18.3 Å². The molecular formula is C23H20F2N4O4. The molecule has 4 N–H and O–H groups in total. The Morgan fingerprint density at radius 3 is 2.45 bits per heavy atom. The lowest BCUT2D eigenvalue weighted by Gasteiger charge is -2.11. The van der Waals surface area contributed by atoms with E-state index in [4.69, 9.17) is 10.5 Å². The van der Waals surface area contributed by atoms with Crippen molar-refractivity contribution in [1.29, 1.82) is 0 Å². The highest BCUT2D eigenvalue weighted by atomic mass is 19.1. The Kier molecular flexibility index (Phi) is 7.64. The molecule has 0 radical (unpaired) electrons. The Morgan fingerprint density at radius 2 is 1.73 bits per heavy atom. The zero-order chi connectivity index (χ0) is 23.8. The summed E-state index contributed by atoms with van der Waals surface area (Å²) in [4.78, 5) is 38.9. The molecule has 2 aromatic carbocycles. The second-order valence-electron chi connectivity index (χ2n) is 6.92. The molecule has 33 heavy (non-hydrogen) atoms. The number of benzene rings is 2. The minimum Gasteiger partial charge on any atom is -0.454 e. The zero-order valence-corrected chi connectivity index (χ0v) is 17.3. The third kappa shape index (κ3) is 6.82. The molecule has 170 valence electrons. The Balaban J connectivity index is 1.55. The summed E-state index contributed by atoms with van der Waals surface area (Å²) in [5.41, 5.74) is 5.59.